The van der Waals surface area contributed by atoms with E-state index in [4.69, 9.17) is 11.6 Å². The van der Waals surface area contributed by atoms with Crippen molar-refractivity contribution in [2.45, 2.75) is 24.6 Å². The van der Waals surface area contributed by atoms with Gasteiger partial charge in [0.2, 0.25) is 0 Å². The molecule has 2 aromatic carbocycles. The lowest BCUT2D eigenvalue weighted by atomic mass is 10.1. The number of hydrogen-bond donors (Lipinski definition) is 0. The number of halogens is 2. The molecule has 1 atom stereocenters. The number of aromatic nitrogens is 2. The van der Waals surface area contributed by atoms with Crippen LogP contribution in [0.15, 0.2) is 73.3 Å². The van der Waals surface area contributed by atoms with Crippen molar-refractivity contribution in [1.82, 2.24) is 9.55 Å². The number of hydrogen-bond acceptors (Lipinski definition) is 2. The summed E-state index contributed by atoms with van der Waals surface area (Å²) in [5, 5.41) is 1.25. The lowest BCUT2D eigenvalue weighted by Crippen LogP contribution is -2.13. The Labute approximate surface area is 169 Å². The molecule has 1 aromatic heterocycles. The van der Waals surface area contributed by atoms with Crippen LogP contribution in [0.5, 0.6) is 0 Å². The topological polar surface area (TPSA) is 17.8 Å². The molecule has 0 amide bonds. The second kappa shape index (κ2) is 10.3. The fourth-order valence-electron chi connectivity index (χ4n) is 2.79. The van der Waals surface area contributed by atoms with Gasteiger partial charge in [-0.05, 0) is 48.2 Å². The molecule has 0 fully saturated rings. The van der Waals surface area contributed by atoms with Crippen LogP contribution < -0.4 is 0 Å². The molecule has 0 spiro atoms. The summed E-state index contributed by atoms with van der Waals surface area (Å²) >= 11 is 7.90. The molecule has 0 saturated carbocycles. The van der Waals surface area contributed by atoms with Crippen molar-refractivity contribution >= 4 is 29.4 Å². The van der Waals surface area contributed by atoms with Crippen molar-refractivity contribution in [3.63, 3.8) is 0 Å². The van der Waals surface area contributed by atoms with Crippen LogP contribution in [0, 0.1) is 5.82 Å². The van der Waals surface area contributed by atoms with E-state index in [0.717, 1.165) is 35.7 Å². The fraction of sp³-hybridized carbons (Fsp3) is 0.227. The highest BCUT2D eigenvalue weighted by molar-refractivity contribution is 8.00. The van der Waals surface area contributed by atoms with Gasteiger partial charge in [0.1, 0.15) is 5.82 Å². The summed E-state index contributed by atoms with van der Waals surface area (Å²) in [6.45, 7) is 0.933. The third-order valence-electron chi connectivity index (χ3n) is 4.25. The van der Waals surface area contributed by atoms with Crippen molar-refractivity contribution in [3.05, 3.63) is 95.3 Å². The minimum atomic E-state index is -0.205. The first-order valence-electron chi connectivity index (χ1n) is 8.93. The van der Waals surface area contributed by atoms with Crippen molar-refractivity contribution in [1.29, 1.82) is 0 Å². The first-order valence-corrected chi connectivity index (χ1v) is 10.4. The minimum Gasteiger partial charge on any atom is -0.336 e. The van der Waals surface area contributed by atoms with Crippen LogP contribution in [0.3, 0.4) is 0 Å². The van der Waals surface area contributed by atoms with Crippen LogP contribution >= 0.6 is 23.4 Å². The van der Waals surface area contributed by atoms with E-state index < -0.39 is 0 Å². The van der Waals surface area contributed by atoms with Gasteiger partial charge in [-0.1, -0.05) is 48.0 Å². The monoisotopic (exact) mass is 400 g/mol. The largest absolute Gasteiger partial charge is 0.336 e. The summed E-state index contributed by atoms with van der Waals surface area (Å²) in [5.74, 6) is 0.710. The first-order chi connectivity index (χ1) is 13.2. The summed E-state index contributed by atoms with van der Waals surface area (Å²) < 4.78 is 15.1. The zero-order valence-electron chi connectivity index (χ0n) is 15.0. The standard InChI is InChI=1S/C22H22ClFN2S/c23-20-8-3-19(4-9-20)7-12-22(16-26-14-13-25-17-26)27-15-1-2-18-5-10-21(24)11-6-18/h1-6,8-11,13-14,17,22H,7,12,15-16H2/b2-1+. The molecule has 0 aliphatic heterocycles. The van der Waals surface area contributed by atoms with Crippen molar-refractivity contribution in [3.8, 4) is 0 Å². The van der Waals surface area contributed by atoms with E-state index in [1.807, 2.05) is 48.7 Å². The number of aryl methyl sites for hydroxylation is 1. The zero-order valence-corrected chi connectivity index (χ0v) is 16.5. The van der Waals surface area contributed by atoms with Crippen molar-refractivity contribution < 1.29 is 4.39 Å². The number of thioether (sulfide) groups is 1. The molecule has 27 heavy (non-hydrogen) atoms. The highest BCUT2D eigenvalue weighted by Gasteiger charge is 2.10. The molecule has 0 bridgehead atoms. The van der Waals surface area contributed by atoms with Gasteiger partial charge in [0, 0.05) is 35.0 Å². The van der Waals surface area contributed by atoms with Crippen LogP contribution in [0.25, 0.3) is 6.08 Å². The predicted octanol–water partition coefficient (Wildman–Crippen LogP) is 6.12. The minimum absolute atomic E-state index is 0.205. The van der Waals surface area contributed by atoms with Crippen LogP contribution in [-0.2, 0) is 13.0 Å². The molecule has 0 aliphatic rings. The maximum absolute atomic E-state index is 13.0. The molecule has 140 valence electrons. The fourth-order valence-corrected chi connectivity index (χ4v) is 3.95. The van der Waals surface area contributed by atoms with Gasteiger partial charge in [-0.15, -0.1) is 0 Å². The van der Waals surface area contributed by atoms with Gasteiger partial charge in [-0.25, -0.2) is 9.37 Å². The second-order valence-electron chi connectivity index (χ2n) is 6.33. The van der Waals surface area contributed by atoms with E-state index in [0.29, 0.717) is 5.25 Å². The normalized spacial score (nSPS) is 12.5. The van der Waals surface area contributed by atoms with E-state index in [1.54, 1.807) is 12.1 Å². The lowest BCUT2D eigenvalue weighted by molar-refractivity contribution is 0.624. The Hall–Kier alpha value is -2.04. The van der Waals surface area contributed by atoms with E-state index in [-0.39, 0.29) is 5.82 Å². The molecule has 0 aliphatic carbocycles. The van der Waals surface area contributed by atoms with Crippen LogP contribution in [0.2, 0.25) is 5.02 Å². The van der Waals surface area contributed by atoms with Gasteiger partial charge in [0.05, 0.1) is 6.33 Å². The molecule has 1 heterocycles. The molecule has 1 unspecified atom stereocenters. The SMILES string of the molecule is Fc1ccc(/C=C/CSC(CCc2ccc(Cl)cc2)Cn2ccnc2)cc1. The second-order valence-corrected chi connectivity index (χ2v) is 8.10. The van der Waals surface area contributed by atoms with Gasteiger partial charge in [-0.2, -0.15) is 11.8 Å². The third-order valence-corrected chi connectivity index (χ3v) is 5.74. The van der Waals surface area contributed by atoms with E-state index in [9.17, 15) is 4.39 Å². The Morgan fingerprint density at radius 1 is 1.11 bits per heavy atom. The van der Waals surface area contributed by atoms with E-state index in [2.05, 4.69) is 27.8 Å². The first kappa shape index (κ1) is 19.7. The van der Waals surface area contributed by atoms with Crippen LogP contribution in [-0.4, -0.2) is 20.6 Å². The van der Waals surface area contributed by atoms with Gasteiger partial charge >= 0.3 is 0 Å². The summed E-state index contributed by atoms with van der Waals surface area (Å²) in [6.07, 6.45) is 12.0. The number of benzene rings is 2. The maximum Gasteiger partial charge on any atom is 0.123 e. The summed E-state index contributed by atoms with van der Waals surface area (Å²) in [5.41, 5.74) is 2.32. The molecule has 0 N–H and O–H groups in total. The predicted molar refractivity (Wildman–Crippen MR) is 114 cm³/mol. The summed E-state index contributed by atoms with van der Waals surface area (Å²) in [4.78, 5) is 4.14. The van der Waals surface area contributed by atoms with Crippen molar-refractivity contribution in [2.24, 2.45) is 0 Å². The Bertz CT molecular complexity index is 830. The van der Waals surface area contributed by atoms with Crippen LogP contribution in [0.1, 0.15) is 17.5 Å². The van der Waals surface area contributed by atoms with Gasteiger partial charge in [-0.3, -0.25) is 0 Å². The van der Waals surface area contributed by atoms with E-state index in [1.165, 1.54) is 17.7 Å². The third kappa shape index (κ3) is 6.89. The molecule has 3 rings (SSSR count). The molecular formula is C22H22ClFN2S. The Morgan fingerprint density at radius 3 is 2.59 bits per heavy atom. The number of imidazole rings is 1. The van der Waals surface area contributed by atoms with Gasteiger partial charge in [0.15, 0.2) is 0 Å². The molecule has 0 radical (unpaired) electrons. The van der Waals surface area contributed by atoms with Gasteiger partial charge < -0.3 is 4.57 Å². The highest BCUT2D eigenvalue weighted by Crippen LogP contribution is 2.21. The van der Waals surface area contributed by atoms with E-state index >= 15 is 0 Å². The van der Waals surface area contributed by atoms with Gasteiger partial charge in [0.25, 0.3) is 0 Å². The summed E-state index contributed by atoms with van der Waals surface area (Å²) in [7, 11) is 0. The smallest absolute Gasteiger partial charge is 0.123 e. The quantitative estimate of drug-likeness (QED) is 0.430. The molecule has 3 aromatic rings. The number of rotatable bonds is 9. The van der Waals surface area contributed by atoms with Crippen LogP contribution in [0.4, 0.5) is 4.39 Å². The lowest BCUT2D eigenvalue weighted by Gasteiger charge is -2.16. The Morgan fingerprint density at radius 2 is 1.89 bits per heavy atom. The summed E-state index contributed by atoms with van der Waals surface area (Å²) in [6, 6.07) is 14.6. The number of nitrogens with zero attached hydrogens (tertiary/aromatic N) is 2. The average Bonchev–Trinajstić information content (AvgIpc) is 3.19. The molecular weight excluding hydrogens is 379 g/mol. The molecule has 5 heteroatoms. The Kier molecular flexibility index (Phi) is 7.55. The van der Waals surface area contributed by atoms with Crippen molar-refractivity contribution in [2.75, 3.05) is 5.75 Å². The maximum atomic E-state index is 13.0. The highest BCUT2D eigenvalue weighted by atomic mass is 35.5. The molecule has 0 saturated heterocycles. The zero-order chi connectivity index (χ0) is 18.9. The average molecular weight is 401 g/mol. The Balaban J connectivity index is 1.54. The molecule has 2 nitrogen and oxygen atoms in total.